The molecule has 0 atom stereocenters. The van der Waals surface area contributed by atoms with Gasteiger partial charge < -0.3 is 10.0 Å². The minimum atomic E-state index is 0.0956. The molecular formula is C22H22N2O2. The first-order chi connectivity index (χ1) is 12.7. The first-order valence-corrected chi connectivity index (χ1v) is 8.98. The summed E-state index contributed by atoms with van der Waals surface area (Å²) < 4.78 is 0. The van der Waals surface area contributed by atoms with Gasteiger partial charge in [0.05, 0.1) is 0 Å². The predicted molar refractivity (Wildman–Crippen MR) is 103 cm³/mol. The summed E-state index contributed by atoms with van der Waals surface area (Å²) in [7, 11) is 0. The molecule has 4 rings (SSSR count). The molecular weight excluding hydrogens is 324 g/mol. The second-order valence-corrected chi connectivity index (χ2v) is 6.72. The lowest BCUT2D eigenvalue weighted by atomic mass is 10.0. The average Bonchev–Trinajstić information content (AvgIpc) is 2.71. The summed E-state index contributed by atoms with van der Waals surface area (Å²) in [4.78, 5) is 16.8. The first-order valence-electron chi connectivity index (χ1n) is 8.98. The molecule has 1 amide bonds. The highest BCUT2D eigenvalue weighted by atomic mass is 16.3. The van der Waals surface area contributed by atoms with Crippen LogP contribution in [0.2, 0.25) is 0 Å². The van der Waals surface area contributed by atoms with Gasteiger partial charge in [0.15, 0.2) is 0 Å². The van der Waals surface area contributed by atoms with E-state index in [4.69, 9.17) is 0 Å². The Morgan fingerprint density at radius 3 is 2.31 bits per heavy atom. The van der Waals surface area contributed by atoms with Crippen molar-refractivity contribution in [2.75, 3.05) is 26.2 Å². The maximum Gasteiger partial charge on any atom is 0.253 e. The van der Waals surface area contributed by atoms with Gasteiger partial charge in [-0.05, 0) is 29.0 Å². The predicted octanol–water partition coefficient (Wildman–Crippen LogP) is 3.50. The first kappa shape index (κ1) is 16.6. The van der Waals surface area contributed by atoms with Crippen LogP contribution < -0.4 is 0 Å². The number of hydrogen-bond acceptors (Lipinski definition) is 3. The highest BCUT2D eigenvalue weighted by Gasteiger charge is 2.23. The van der Waals surface area contributed by atoms with Gasteiger partial charge in [0.25, 0.3) is 5.91 Å². The molecule has 4 heteroatoms. The molecule has 0 aliphatic carbocycles. The van der Waals surface area contributed by atoms with Crippen molar-refractivity contribution in [3.05, 3.63) is 77.9 Å². The molecule has 132 valence electrons. The maximum atomic E-state index is 12.6. The van der Waals surface area contributed by atoms with Crippen LogP contribution in [0.5, 0.6) is 5.75 Å². The Balaban J connectivity index is 1.45. The van der Waals surface area contributed by atoms with Crippen molar-refractivity contribution in [1.82, 2.24) is 9.80 Å². The minimum absolute atomic E-state index is 0.0956. The Morgan fingerprint density at radius 1 is 0.846 bits per heavy atom. The van der Waals surface area contributed by atoms with Gasteiger partial charge in [-0.15, -0.1) is 0 Å². The van der Waals surface area contributed by atoms with E-state index in [1.54, 1.807) is 6.07 Å². The third-order valence-electron chi connectivity index (χ3n) is 5.08. The van der Waals surface area contributed by atoms with Crippen molar-refractivity contribution in [3.8, 4) is 5.75 Å². The van der Waals surface area contributed by atoms with Crippen LogP contribution in [0.1, 0.15) is 15.9 Å². The Kier molecular flexibility index (Phi) is 4.59. The fourth-order valence-electron chi connectivity index (χ4n) is 3.59. The number of piperazine rings is 1. The van der Waals surface area contributed by atoms with Crippen LogP contribution in [0.25, 0.3) is 10.8 Å². The molecule has 1 heterocycles. The summed E-state index contributed by atoms with van der Waals surface area (Å²) in [5, 5.41) is 12.6. The van der Waals surface area contributed by atoms with Crippen molar-refractivity contribution in [3.63, 3.8) is 0 Å². The van der Waals surface area contributed by atoms with Crippen LogP contribution in [0.15, 0.2) is 66.7 Å². The maximum absolute atomic E-state index is 12.6. The average molecular weight is 346 g/mol. The zero-order chi connectivity index (χ0) is 17.9. The van der Waals surface area contributed by atoms with E-state index in [1.165, 1.54) is 0 Å². The summed E-state index contributed by atoms with van der Waals surface area (Å²) >= 11 is 0. The van der Waals surface area contributed by atoms with Gasteiger partial charge in [-0.1, -0.05) is 48.5 Å². The molecule has 0 radical (unpaired) electrons. The lowest BCUT2D eigenvalue weighted by Crippen LogP contribution is -2.48. The van der Waals surface area contributed by atoms with E-state index in [2.05, 4.69) is 17.0 Å². The summed E-state index contributed by atoms with van der Waals surface area (Å²) in [6, 6.07) is 21.3. The standard InChI is InChI=1S/C22H22N2O2/c25-21-11-10-17-6-4-5-9-19(17)20(21)16-23-12-14-24(15-13-23)22(26)18-7-2-1-3-8-18/h1-11,25H,12-16H2. The van der Waals surface area contributed by atoms with E-state index in [0.29, 0.717) is 25.4 Å². The van der Waals surface area contributed by atoms with Gasteiger partial charge in [-0.2, -0.15) is 0 Å². The molecule has 0 bridgehead atoms. The highest BCUT2D eigenvalue weighted by molar-refractivity contribution is 5.94. The second-order valence-electron chi connectivity index (χ2n) is 6.72. The van der Waals surface area contributed by atoms with E-state index in [-0.39, 0.29) is 5.91 Å². The van der Waals surface area contributed by atoms with Gasteiger partial charge in [-0.25, -0.2) is 0 Å². The van der Waals surface area contributed by atoms with Crippen LogP contribution in [0, 0.1) is 0 Å². The molecule has 3 aromatic carbocycles. The molecule has 3 aromatic rings. The van der Waals surface area contributed by atoms with Crippen molar-refractivity contribution in [1.29, 1.82) is 0 Å². The van der Waals surface area contributed by atoms with Gasteiger partial charge in [0.2, 0.25) is 0 Å². The quantitative estimate of drug-likeness (QED) is 0.789. The Bertz CT molecular complexity index is 916. The Hall–Kier alpha value is -2.85. The number of phenolic OH excluding ortho intramolecular Hbond substituents is 1. The summed E-state index contributed by atoms with van der Waals surface area (Å²) in [6.45, 7) is 3.72. The second kappa shape index (κ2) is 7.18. The van der Waals surface area contributed by atoms with Crippen LogP contribution in [-0.4, -0.2) is 47.0 Å². The van der Waals surface area contributed by atoms with E-state index in [1.807, 2.05) is 53.4 Å². The molecule has 26 heavy (non-hydrogen) atoms. The molecule has 0 spiro atoms. The smallest absolute Gasteiger partial charge is 0.253 e. The Morgan fingerprint density at radius 2 is 1.54 bits per heavy atom. The molecule has 1 N–H and O–H groups in total. The van der Waals surface area contributed by atoms with Crippen molar-refractivity contribution in [2.45, 2.75) is 6.54 Å². The number of amides is 1. The summed E-state index contributed by atoms with van der Waals surface area (Å²) in [5.41, 5.74) is 1.71. The monoisotopic (exact) mass is 346 g/mol. The van der Waals surface area contributed by atoms with Crippen LogP contribution in [0.4, 0.5) is 0 Å². The van der Waals surface area contributed by atoms with Crippen LogP contribution >= 0.6 is 0 Å². The number of nitrogens with zero attached hydrogens (tertiary/aromatic N) is 2. The molecule has 1 fully saturated rings. The highest BCUT2D eigenvalue weighted by Crippen LogP contribution is 2.28. The van der Waals surface area contributed by atoms with E-state index >= 15 is 0 Å². The van der Waals surface area contributed by atoms with Crippen LogP contribution in [0.3, 0.4) is 0 Å². The minimum Gasteiger partial charge on any atom is -0.508 e. The molecule has 1 aliphatic heterocycles. The zero-order valence-electron chi connectivity index (χ0n) is 14.6. The number of fused-ring (bicyclic) bond motifs is 1. The number of benzene rings is 3. The van der Waals surface area contributed by atoms with Gasteiger partial charge in [-0.3, -0.25) is 9.69 Å². The molecule has 1 aliphatic rings. The van der Waals surface area contributed by atoms with Gasteiger partial charge >= 0.3 is 0 Å². The Labute approximate surface area is 153 Å². The normalized spacial score (nSPS) is 15.3. The SMILES string of the molecule is O=C(c1ccccc1)N1CCN(Cc2c(O)ccc3ccccc23)CC1. The zero-order valence-corrected chi connectivity index (χ0v) is 14.6. The van der Waals surface area contributed by atoms with Gasteiger partial charge in [0, 0.05) is 43.9 Å². The number of aromatic hydroxyl groups is 1. The van der Waals surface area contributed by atoms with Crippen LogP contribution in [-0.2, 0) is 6.54 Å². The number of hydrogen-bond donors (Lipinski definition) is 1. The van der Waals surface area contributed by atoms with E-state index < -0.39 is 0 Å². The lowest BCUT2D eigenvalue weighted by molar-refractivity contribution is 0.0628. The number of carbonyl (C=O) groups excluding carboxylic acids is 1. The lowest BCUT2D eigenvalue weighted by Gasteiger charge is -2.35. The number of rotatable bonds is 3. The molecule has 0 saturated carbocycles. The largest absolute Gasteiger partial charge is 0.508 e. The van der Waals surface area contributed by atoms with E-state index in [9.17, 15) is 9.90 Å². The third-order valence-corrected chi connectivity index (χ3v) is 5.08. The van der Waals surface area contributed by atoms with Crippen molar-refractivity contribution in [2.24, 2.45) is 0 Å². The fourth-order valence-corrected chi connectivity index (χ4v) is 3.59. The topological polar surface area (TPSA) is 43.8 Å². The summed E-state index contributed by atoms with van der Waals surface area (Å²) in [6.07, 6.45) is 0. The third kappa shape index (κ3) is 3.28. The van der Waals surface area contributed by atoms with Crippen molar-refractivity contribution >= 4 is 16.7 Å². The molecule has 1 saturated heterocycles. The molecule has 4 nitrogen and oxygen atoms in total. The van der Waals surface area contributed by atoms with Crippen molar-refractivity contribution < 1.29 is 9.90 Å². The molecule has 0 aromatic heterocycles. The number of carbonyl (C=O) groups is 1. The number of phenols is 1. The van der Waals surface area contributed by atoms with Gasteiger partial charge in [0.1, 0.15) is 5.75 Å². The molecule has 0 unspecified atom stereocenters. The van der Waals surface area contributed by atoms with E-state index in [0.717, 1.165) is 35.0 Å². The fraction of sp³-hybridized carbons (Fsp3) is 0.227. The summed E-state index contributed by atoms with van der Waals surface area (Å²) in [5.74, 6) is 0.435.